The van der Waals surface area contributed by atoms with Gasteiger partial charge in [-0.25, -0.2) is 4.98 Å². The van der Waals surface area contributed by atoms with E-state index in [2.05, 4.69) is 29.5 Å². The summed E-state index contributed by atoms with van der Waals surface area (Å²) in [7, 11) is 0. The van der Waals surface area contributed by atoms with E-state index in [0.29, 0.717) is 23.6 Å². The van der Waals surface area contributed by atoms with Crippen LogP contribution in [0.3, 0.4) is 0 Å². The lowest BCUT2D eigenvalue weighted by Crippen LogP contribution is -2.44. The molecule has 2 aromatic heterocycles. The molecule has 1 saturated carbocycles. The molecule has 3 unspecified atom stereocenters. The van der Waals surface area contributed by atoms with Crippen LogP contribution < -0.4 is 10.6 Å². The van der Waals surface area contributed by atoms with E-state index in [1.54, 1.807) is 12.5 Å². The summed E-state index contributed by atoms with van der Waals surface area (Å²) in [6.45, 7) is 5.25. The van der Waals surface area contributed by atoms with Gasteiger partial charge in [0.05, 0.1) is 12.5 Å². The Labute approximate surface area is 129 Å². The lowest BCUT2D eigenvalue weighted by molar-refractivity contribution is 0.0920. The van der Waals surface area contributed by atoms with Crippen LogP contribution in [0.2, 0.25) is 0 Å². The number of piperidine rings is 1. The third kappa shape index (κ3) is 2.20. The van der Waals surface area contributed by atoms with E-state index < -0.39 is 0 Å². The van der Waals surface area contributed by atoms with Crippen molar-refractivity contribution in [3.63, 3.8) is 0 Å². The summed E-state index contributed by atoms with van der Waals surface area (Å²) in [4.78, 5) is 16.8. The van der Waals surface area contributed by atoms with Crippen molar-refractivity contribution in [3.8, 4) is 0 Å². The summed E-state index contributed by atoms with van der Waals surface area (Å²) < 4.78 is 5.52. The molecule has 0 spiro atoms. The quantitative estimate of drug-likeness (QED) is 0.913. The highest BCUT2D eigenvalue weighted by Gasteiger charge is 2.40. The maximum atomic E-state index is 12.5. The number of amides is 1. The topological polar surface area (TPSA) is 67.2 Å². The Hall–Kier alpha value is -1.88. The first kappa shape index (κ1) is 13.8. The van der Waals surface area contributed by atoms with Crippen LogP contribution in [0, 0.1) is 5.92 Å². The first-order valence-electron chi connectivity index (χ1n) is 8.03. The van der Waals surface area contributed by atoms with E-state index in [-0.39, 0.29) is 11.9 Å². The van der Waals surface area contributed by atoms with Crippen molar-refractivity contribution in [2.75, 3.05) is 6.54 Å². The molecule has 2 aliphatic rings. The van der Waals surface area contributed by atoms with Gasteiger partial charge in [-0.3, -0.25) is 4.79 Å². The normalized spacial score (nSPS) is 27.0. The smallest absolute Gasteiger partial charge is 0.270 e. The van der Waals surface area contributed by atoms with E-state index in [4.69, 9.17) is 4.42 Å². The number of carbonyl (C=O) groups is 1. The van der Waals surface area contributed by atoms with Crippen molar-refractivity contribution in [1.29, 1.82) is 0 Å². The van der Waals surface area contributed by atoms with Crippen molar-refractivity contribution in [1.82, 2.24) is 15.6 Å². The van der Waals surface area contributed by atoms with Crippen molar-refractivity contribution in [3.05, 3.63) is 29.8 Å². The van der Waals surface area contributed by atoms with Gasteiger partial charge in [-0.2, -0.15) is 0 Å². The number of rotatable bonds is 3. The van der Waals surface area contributed by atoms with E-state index in [0.717, 1.165) is 29.5 Å². The highest BCUT2D eigenvalue weighted by Crippen LogP contribution is 2.31. The second-order valence-electron chi connectivity index (χ2n) is 6.83. The van der Waals surface area contributed by atoms with Gasteiger partial charge in [0.1, 0.15) is 5.69 Å². The molecule has 5 heteroatoms. The number of pyridine rings is 1. The molecule has 5 nitrogen and oxygen atoms in total. The van der Waals surface area contributed by atoms with E-state index >= 15 is 0 Å². The van der Waals surface area contributed by atoms with Crippen molar-refractivity contribution in [2.24, 2.45) is 5.92 Å². The van der Waals surface area contributed by atoms with Crippen LogP contribution in [-0.2, 0) is 0 Å². The van der Waals surface area contributed by atoms with Crippen molar-refractivity contribution < 1.29 is 9.21 Å². The Morgan fingerprint density at radius 3 is 3.00 bits per heavy atom. The van der Waals surface area contributed by atoms with Crippen LogP contribution in [0.1, 0.15) is 48.7 Å². The molecule has 0 radical (unpaired) electrons. The number of nitrogens with zero attached hydrogens (tertiary/aromatic N) is 1. The highest BCUT2D eigenvalue weighted by molar-refractivity contribution is 5.96. The fraction of sp³-hybridized carbons (Fsp3) is 0.529. The molecule has 3 atom stereocenters. The lowest BCUT2D eigenvalue weighted by atomic mass is 10.0. The number of fused-ring (bicyclic) bond motifs is 3. The van der Waals surface area contributed by atoms with E-state index in [9.17, 15) is 4.79 Å². The second kappa shape index (κ2) is 5.09. The highest BCUT2D eigenvalue weighted by atomic mass is 16.3. The van der Waals surface area contributed by atoms with Crippen LogP contribution in [-0.4, -0.2) is 29.5 Å². The summed E-state index contributed by atoms with van der Waals surface area (Å²) in [5.41, 5.74) is 2.34. The molecule has 1 aliphatic carbocycles. The van der Waals surface area contributed by atoms with E-state index in [1.165, 1.54) is 6.42 Å². The maximum absolute atomic E-state index is 12.5. The van der Waals surface area contributed by atoms with Crippen LogP contribution in [0.25, 0.3) is 11.0 Å². The monoisotopic (exact) mass is 299 g/mol. The zero-order chi connectivity index (χ0) is 15.3. The molecule has 2 N–H and O–H groups in total. The third-order valence-corrected chi connectivity index (χ3v) is 5.03. The zero-order valence-corrected chi connectivity index (χ0v) is 12.9. The lowest BCUT2D eigenvalue weighted by Gasteiger charge is -2.23. The molecule has 1 saturated heterocycles. The first-order valence-corrected chi connectivity index (χ1v) is 8.03. The fourth-order valence-electron chi connectivity index (χ4n) is 3.78. The molecular weight excluding hydrogens is 278 g/mol. The zero-order valence-electron chi connectivity index (χ0n) is 12.9. The van der Waals surface area contributed by atoms with Crippen molar-refractivity contribution >= 4 is 16.9 Å². The second-order valence-corrected chi connectivity index (χ2v) is 6.83. The van der Waals surface area contributed by atoms with Crippen LogP contribution >= 0.6 is 0 Å². The Bertz CT molecular complexity index is 722. The number of aromatic nitrogens is 1. The molecule has 2 aromatic rings. The average molecular weight is 299 g/mol. The number of nitrogens with one attached hydrogen (secondary N) is 2. The van der Waals surface area contributed by atoms with Gasteiger partial charge >= 0.3 is 0 Å². The standard InChI is InChI=1S/C17H21N3O2/c1-9(2)13-8-22-16-7-19-15(5-12(13)16)17(21)20-14-4-11-3-10(14)6-18-11/h5,7-11,14,18H,3-4,6H2,1-2H3,(H,20,21). The Kier molecular flexibility index (Phi) is 3.18. The van der Waals surface area contributed by atoms with Gasteiger partial charge in [0, 0.05) is 29.6 Å². The summed E-state index contributed by atoms with van der Waals surface area (Å²) in [6.07, 6.45) is 5.62. The molecule has 1 aliphatic heterocycles. The Balaban J connectivity index is 1.57. The average Bonchev–Trinajstić information content (AvgIpc) is 3.20. The molecule has 2 fully saturated rings. The predicted molar refractivity (Wildman–Crippen MR) is 83.9 cm³/mol. The third-order valence-electron chi connectivity index (χ3n) is 5.03. The molecule has 22 heavy (non-hydrogen) atoms. The number of hydrogen-bond donors (Lipinski definition) is 2. The van der Waals surface area contributed by atoms with Gasteiger partial charge in [-0.05, 0) is 30.7 Å². The van der Waals surface area contributed by atoms with Gasteiger partial charge in [0.25, 0.3) is 5.91 Å². The maximum Gasteiger partial charge on any atom is 0.270 e. The van der Waals surface area contributed by atoms with Crippen LogP contribution in [0.4, 0.5) is 0 Å². The summed E-state index contributed by atoms with van der Waals surface area (Å²) in [6, 6.07) is 2.71. The molecule has 4 rings (SSSR count). The first-order chi connectivity index (χ1) is 10.6. The summed E-state index contributed by atoms with van der Waals surface area (Å²) in [5.74, 6) is 0.851. The molecule has 1 amide bonds. The van der Waals surface area contributed by atoms with Crippen molar-refractivity contribution in [2.45, 2.75) is 44.7 Å². The van der Waals surface area contributed by atoms with Gasteiger partial charge in [-0.1, -0.05) is 13.8 Å². The molecule has 3 heterocycles. The number of hydrogen-bond acceptors (Lipinski definition) is 4. The fourth-order valence-corrected chi connectivity index (χ4v) is 3.78. The largest absolute Gasteiger partial charge is 0.462 e. The minimum Gasteiger partial charge on any atom is -0.462 e. The predicted octanol–water partition coefficient (Wildman–Crippen LogP) is 2.43. The molecular formula is C17H21N3O2. The SMILES string of the molecule is CC(C)c1coc2cnc(C(=O)NC3CC4CC3CN4)cc12. The van der Waals surface area contributed by atoms with Gasteiger partial charge in [0.2, 0.25) is 0 Å². The molecule has 0 aromatic carbocycles. The van der Waals surface area contributed by atoms with Gasteiger partial charge < -0.3 is 15.1 Å². The van der Waals surface area contributed by atoms with Crippen LogP contribution in [0.15, 0.2) is 22.9 Å². The summed E-state index contributed by atoms with van der Waals surface area (Å²) >= 11 is 0. The molecule has 2 bridgehead atoms. The summed E-state index contributed by atoms with van der Waals surface area (Å²) in [5, 5.41) is 7.61. The minimum absolute atomic E-state index is 0.0737. The Morgan fingerprint density at radius 1 is 1.45 bits per heavy atom. The molecule has 116 valence electrons. The minimum atomic E-state index is -0.0737. The number of furan rings is 1. The number of carbonyl (C=O) groups excluding carboxylic acids is 1. The van der Waals surface area contributed by atoms with E-state index in [1.807, 2.05) is 6.07 Å². The van der Waals surface area contributed by atoms with Gasteiger partial charge in [0.15, 0.2) is 5.58 Å². The van der Waals surface area contributed by atoms with Crippen LogP contribution in [0.5, 0.6) is 0 Å². The van der Waals surface area contributed by atoms with Gasteiger partial charge in [-0.15, -0.1) is 0 Å². The Morgan fingerprint density at radius 2 is 2.32 bits per heavy atom.